The van der Waals surface area contributed by atoms with Crippen LogP contribution in [0.2, 0.25) is 0 Å². The first-order valence-electron chi connectivity index (χ1n) is 5.98. The van der Waals surface area contributed by atoms with E-state index in [9.17, 15) is 4.79 Å². The van der Waals surface area contributed by atoms with Gasteiger partial charge in [-0.3, -0.25) is 0 Å². The standard InChI is InChI=1S/C13H16N2O2S/c1-4-15(5-2)12-7-6-10(18-12)8-11-9(3)14-17-13(11)16/h6-8H,4-5H2,1-3H3. The van der Waals surface area contributed by atoms with Crippen molar-refractivity contribution in [3.63, 3.8) is 0 Å². The van der Waals surface area contributed by atoms with Crippen LogP contribution in [0.15, 0.2) is 22.9 Å². The zero-order valence-corrected chi connectivity index (χ0v) is 11.6. The van der Waals surface area contributed by atoms with Gasteiger partial charge in [-0.15, -0.1) is 11.3 Å². The molecule has 0 amide bonds. The van der Waals surface area contributed by atoms with Crippen molar-refractivity contribution in [1.29, 1.82) is 0 Å². The lowest BCUT2D eigenvalue weighted by Gasteiger charge is -2.17. The average molecular weight is 264 g/mol. The van der Waals surface area contributed by atoms with Crippen molar-refractivity contribution in [3.05, 3.63) is 22.6 Å². The molecular weight excluding hydrogens is 248 g/mol. The van der Waals surface area contributed by atoms with E-state index < -0.39 is 0 Å². The third kappa shape index (κ3) is 2.46. The highest BCUT2D eigenvalue weighted by Crippen LogP contribution is 2.28. The molecule has 1 aromatic heterocycles. The van der Waals surface area contributed by atoms with Gasteiger partial charge >= 0.3 is 5.97 Å². The van der Waals surface area contributed by atoms with Gasteiger partial charge in [0.05, 0.1) is 16.3 Å². The van der Waals surface area contributed by atoms with E-state index in [0.29, 0.717) is 11.3 Å². The van der Waals surface area contributed by atoms with Crippen molar-refractivity contribution in [1.82, 2.24) is 0 Å². The largest absolute Gasteiger partial charge is 0.367 e. The van der Waals surface area contributed by atoms with E-state index in [0.717, 1.165) is 18.0 Å². The molecule has 0 fully saturated rings. The molecule has 2 heterocycles. The molecule has 0 saturated carbocycles. The van der Waals surface area contributed by atoms with E-state index >= 15 is 0 Å². The zero-order chi connectivity index (χ0) is 13.1. The van der Waals surface area contributed by atoms with E-state index in [4.69, 9.17) is 0 Å². The number of nitrogens with zero attached hydrogens (tertiary/aromatic N) is 2. The number of hydrogen-bond donors (Lipinski definition) is 0. The van der Waals surface area contributed by atoms with E-state index in [2.05, 4.69) is 34.8 Å². The van der Waals surface area contributed by atoms with Crippen LogP contribution in [0.25, 0.3) is 6.08 Å². The first kappa shape index (κ1) is 12.8. The predicted molar refractivity (Wildman–Crippen MR) is 75.1 cm³/mol. The van der Waals surface area contributed by atoms with Crippen LogP contribution in [-0.2, 0) is 9.63 Å². The monoisotopic (exact) mass is 264 g/mol. The summed E-state index contributed by atoms with van der Waals surface area (Å²) < 4.78 is 0. The van der Waals surface area contributed by atoms with E-state index in [1.54, 1.807) is 18.3 Å². The van der Waals surface area contributed by atoms with Gasteiger partial charge < -0.3 is 9.74 Å². The molecule has 0 atom stereocenters. The molecule has 5 heteroatoms. The van der Waals surface area contributed by atoms with Crippen LogP contribution in [-0.4, -0.2) is 24.8 Å². The highest BCUT2D eigenvalue weighted by Gasteiger charge is 2.22. The molecule has 96 valence electrons. The Bertz CT molecular complexity index is 513. The summed E-state index contributed by atoms with van der Waals surface area (Å²) in [6.07, 6.45) is 1.84. The molecule has 0 unspecified atom stereocenters. The third-order valence-electron chi connectivity index (χ3n) is 2.85. The van der Waals surface area contributed by atoms with Crippen LogP contribution in [0.5, 0.6) is 0 Å². The number of carbonyl (C=O) groups is 1. The summed E-state index contributed by atoms with van der Waals surface area (Å²) >= 11 is 1.67. The minimum atomic E-state index is -0.370. The average Bonchev–Trinajstić information content (AvgIpc) is 2.93. The van der Waals surface area contributed by atoms with Gasteiger partial charge in [-0.2, -0.15) is 0 Å². The molecule has 0 saturated heterocycles. The van der Waals surface area contributed by atoms with Crippen molar-refractivity contribution >= 4 is 34.1 Å². The summed E-state index contributed by atoms with van der Waals surface area (Å²) in [5, 5.41) is 4.88. The third-order valence-corrected chi connectivity index (χ3v) is 3.94. The Balaban J connectivity index is 2.23. The summed E-state index contributed by atoms with van der Waals surface area (Å²) in [6, 6.07) is 4.10. The summed E-state index contributed by atoms with van der Waals surface area (Å²) in [7, 11) is 0. The van der Waals surface area contributed by atoms with Crippen molar-refractivity contribution < 1.29 is 9.63 Å². The van der Waals surface area contributed by atoms with Crippen molar-refractivity contribution in [2.45, 2.75) is 20.8 Å². The molecule has 0 radical (unpaired) electrons. The van der Waals surface area contributed by atoms with Gasteiger partial charge in [0.15, 0.2) is 0 Å². The van der Waals surface area contributed by atoms with Gasteiger partial charge in [0.25, 0.3) is 0 Å². The van der Waals surface area contributed by atoms with Gasteiger partial charge in [0.1, 0.15) is 0 Å². The Labute approximate surface area is 111 Å². The van der Waals surface area contributed by atoms with Crippen LogP contribution in [0, 0.1) is 0 Å². The molecule has 1 aliphatic rings. The van der Waals surface area contributed by atoms with Gasteiger partial charge in [0, 0.05) is 18.0 Å². The summed E-state index contributed by atoms with van der Waals surface area (Å²) in [4.78, 5) is 19.4. The van der Waals surface area contributed by atoms with Gasteiger partial charge in [-0.05, 0) is 39.0 Å². The predicted octanol–water partition coefficient (Wildman–Crippen LogP) is 2.91. The first-order valence-corrected chi connectivity index (χ1v) is 6.80. The Morgan fingerprint density at radius 3 is 2.67 bits per heavy atom. The quantitative estimate of drug-likeness (QED) is 0.620. The van der Waals surface area contributed by atoms with E-state index in [-0.39, 0.29) is 5.97 Å². The Morgan fingerprint density at radius 2 is 2.11 bits per heavy atom. The number of oxime groups is 1. The molecule has 4 nitrogen and oxygen atoms in total. The smallest absolute Gasteiger partial charge is 0.364 e. The lowest BCUT2D eigenvalue weighted by Crippen LogP contribution is -2.20. The second kappa shape index (κ2) is 5.35. The van der Waals surface area contributed by atoms with Crippen LogP contribution in [0.4, 0.5) is 5.00 Å². The van der Waals surface area contributed by atoms with Crippen LogP contribution in [0.1, 0.15) is 25.6 Å². The van der Waals surface area contributed by atoms with Gasteiger partial charge in [-0.25, -0.2) is 4.79 Å². The molecule has 1 aromatic rings. The second-order valence-corrected chi connectivity index (χ2v) is 5.06. The number of hydrogen-bond acceptors (Lipinski definition) is 5. The maximum Gasteiger partial charge on any atom is 0.367 e. The minimum absolute atomic E-state index is 0.370. The fraction of sp³-hybridized carbons (Fsp3) is 0.385. The Morgan fingerprint density at radius 1 is 1.39 bits per heavy atom. The Hall–Kier alpha value is -1.62. The molecule has 0 spiro atoms. The highest BCUT2D eigenvalue weighted by atomic mass is 32.1. The molecule has 0 aliphatic carbocycles. The van der Waals surface area contributed by atoms with Gasteiger partial charge in [0.2, 0.25) is 0 Å². The molecule has 18 heavy (non-hydrogen) atoms. The van der Waals surface area contributed by atoms with Gasteiger partial charge in [-0.1, -0.05) is 5.16 Å². The number of rotatable bonds is 4. The summed E-state index contributed by atoms with van der Waals surface area (Å²) in [6.45, 7) is 8.00. The summed E-state index contributed by atoms with van der Waals surface area (Å²) in [5.74, 6) is -0.370. The molecule has 1 aliphatic heterocycles. The number of thiophene rings is 1. The SMILES string of the molecule is CCN(CC)c1ccc(C=C2C(=O)ON=C2C)s1. The maximum atomic E-state index is 11.4. The lowest BCUT2D eigenvalue weighted by atomic mass is 10.1. The topological polar surface area (TPSA) is 41.9 Å². The molecular formula is C13H16N2O2S. The van der Waals surface area contributed by atoms with Crippen molar-refractivity contribution in [2.24, 2.45) is 5.16 Å². The number of carbonyl (C=O) groups excluding carboxylic acids is 1. The molecule has 2 rings (SSSR count). The molecule has 0 bridgehead atoms. The Kier molecular flexibility index (Phi) is 3.81. The fourth-order valence-corrected chi connectivity index (χ4v) is 2.86. The summed E-state index contributed by atoms with van der Waals surface area (Å²) in [5.41, 5.74) is 1.18. The highest BCUT2D eigenvalue weighted by molar-refractivity contribution is 7.17. The van der Waals surface area contributed by atoms with E-state index in [1.165, 1.54) is 5.00 Å². The van der Waals surface area contributed by atoms with E-state index in [1.807, 2.05) is 12.1 Å². The lowest BCUT2D eigenvalue weighted by molar-refractivity contribution is -0.136. The maximum absolute atomic E-state index is 11.4. The van der Waals surface area contributed by atoms with Crippen LogP contribution in [0.3, 0.4) is 0 Å². The van der Waals surface area contributed by atoms with Crippen molar-refractivity contribution in [3.8, 4) is 0 Å². The normalized spacial score (nSPS) is 16.9. The zero-order valence-electron chi connectivity index (χ0n) is 10.8. The molecule has 0 aromatic carbocycles. The van der Waals surface area contributed by atoms with Crippen molar-refractivity contribution in [2.75, 3.05) is 18.0 Å². The van der Waals surface area contributed by atoms with Crippen LogP contribution < -0.4 is 4.90 Å². The number of anilines is 1. The second-order valence-electron chi connectivity index (χ2n) is 3.96. The minimum Gasteiger partial charge on any atom is -0.364 e. The molecule has 0 N–H and O–H groups in total. The fourth-order valence-electron chi connectivity index (χ4n) is 1.79. The van der Waals surface area contributed by atoms with Crippen LogP contribution >= 0.6 is 11.3 Å². The first-order chi connectivity index (χ1) is 8.65.